The Morgan fingerprint density at radius 1 is 1.22 bits per heavy atom. The topological polar surface area (TPSA) is 73.3 Å². The van der Waals surface area contributed by atoms with Gasteiger partial charge in [0.25, 0.3) is 5.91 Å². The smallest absolute Gasteiger partial charge is 0.269 e. The lowest BCUT2D eigenvalue weighted by molar-refractivity contribution is 0.103. The molecule has 94 valence electrons. The number of hydrogen-bond donors (Lipinski definition) is 1. The number of rotatable bonds is 4. The Morgan fingerprint density at radius 2 is 1.89 bits per heavy atom. The Labute approximate surface area is 108 Å². The van der Waals surface area contributed by atoms with Gasteiger partial charge in [-0.3, -0.25) is 4.79 Å². The number of hydrogen-bond acceptors (Lipinski definition) is 6. The van der Waals surface area contributed by atoms with E-state index in [1.165, 1.54) is 6.20 Å². The number of nitrogens with zero attached hydrogens (tertiary/aromatic N) is 2. The van der Waals surface area contributed by atoms with Crippen molar-refractivity contribution in [1.29, 1.82) is 0 Å². The number of anilines is 1. The van der Waals surface area contributed by atoms with Crippen molar-refractivity contribution in [3.63, 3.8) is 0 Å². The maximum atomic E-state index is 11.8. The van der Waals surface area contributed by atoms with Gasteiger partial charge >= 0.3 is 0 Å². The number of aromatic nitrogens is 2. The molecule has 0 atom stereocenters. The van der Waals surface area contributed by atoms with Crippen LogP contribution in [0.3, 0.4) is 0 Å². The second-order valence-corrected chi connectivity index (χ2v) is 4.12. The van der Waals surface area contributed by atoms with Crippen LogP contribution in [0.15, 0.2) is 24.4 Å². The first-order valence-electron chi connectivity index (χ1n) is 5.04. The molecule has 2 aromatic rings. The minimum atomic E-state index is -0.264. The molecule has 6 nitrogen and oxygen atoms in total. The van der Waals surface area contributed by atoms with Gasteiger partial charge in [0.05, 0.1) is 20.4 Å². The second-order valence-electron chi connectivity index (χ2n) is 3.34. The number of nitrogens with one attached hydrogen (secondary N) is 1. The number of amides is 1. The fourth-order valence-corrected chi connectivity index (χ4v) is 1.75. The van der Waals surface area contributed by atoms with Crippen molar-refractivity contribution in [2.75, 3.05) is 19.5 Å². The van der Waals surface area contributed by atoms with Crippen LogP contribution in [0.5, 0.6) is 11.5 Å². The van der Waals surface area contributed by atoms with Crippen molar-refractivity contribution in [2.24, 2.45) is 0 Å². The van der Waals surface area contributed by atoms with E-state index in [2.05, 4.69) is 14.9 Å². The molecule has 0 aliphatic rings. The maximum absolute atomic E-state index is 11.8. The molecule has 1 amide bonds. The third-order valence-corrected chi connectivity index (χ3v) is 2.86. The van der Waals surface area contributed by atoms with E-state index in [0.29, 0.717) is 22.1 Å². The van der Waals surface area contributed by atoms with Crippen molar-refractivity contribution >= 4 is 23.1 Å². The lowest BCUT2D eigenvalue weighted by atomic mass is 10.2. The van der Waals surface area contributed by atoms with Crippen LogP contribution in [-0.4, -0.2) is 29.7 Å². The molecule has 2 rings (SSSR count). The number of benzene rings is 1. The Kier molecular flexibility index (Phi) is 3.73. The Morgan fingerprint density at radius 3 is 2.39 bits per heavy atom. The number of ether oxygens (including phenoxy) is 2. The van der Waals surface area contributed by atoms with Crippen LogP contribution in [0.4, 0.5) is 5.69 Å². The summed E-state index contributed by atoms with van der Waals surface area (Å²) in [4.78, 5) is 12.3. The highest BCUT2D eigenvalue weighted by Gasteiger charge is 2.10. The summed E-state index contributed by atoms with van der Waals surface area (Å²) in [6.45, 7) is 0. The fourth-order valence-electron chi connectivity index (χ4n) is 1.34. The van der Waals surface area contributed by atoms with E-state index in [-0.39, 0.29) is 5.91 Å². The van der Waals surface area contributed by atoms with Crippen molar-refractivity contribution in [3.05, 3.63) is 29.3 Å². The lowest BCUT2D eigenvalue weighted by Crippen LogP contribution is -2.10. The molecule has 7 heteroatoms. The van der Waals surface area contributed by atoms with E-state index in [1.807, 2.05) is 0 Å². The highest BCUT2D eigenvalue weighted by molar-refractivity contribution is 7.07. The van der Waals surface area contributed by atoms with E-state index in [9.17, 15) is 4.79 Å². The summed E-state index contributed by atoms with van der Waals surface area (Å²) < 4.78 is 13.9. The monoisotopic (exact) mass is 265 g/mol. The van der Waals surface area contributed by atoms with E-state index < -0.39 is 0 Å². The van der Waals surface area contributed by atoms with Crippen LogP contribution in [0.25, 0.3) is 0 Å². The molecular weight excluding hydrogens is 254 g/mol. The van der Waals surface area contributed by atoms with Gasteiger partial charge in [-0.05, 0) is 11.5 Å². The molecule has 1 aromatic heterocycles. The Bertz CT molecular complexity index is 520. The normalized spacial score (nSPS) is 9.89. The van der Waals surface area contributed by atoms with Gasteiger partial charge in [0, 0.05) is 23.9 Å². The van der Waals surface area contributed by atoms with Crippen molar-refractivity contribution in [1.82, 2.24) is 9.59 Å². The van der Waals surface area contributed by atoms with Gasteiger partial charge in [-0.2, -0.15) is 0 Å². The largest absolute Gasteiger partial charge is 0.497 e. The zero-order valence-corrected chi connectivity index (χ0v) is 10.7. The molecule has 1 N–H and O–H groups in total. The zero-order valence-electron chi connectivity index (χ0n) is 9.84. The Hall–Kier alpha value is -2.15. The molecule has 0 aliphatic heterocycles. The standard InChI is InChI=1S/C11H11N3O3S/c1-16-8-3-7(4-9(5-8)17-2)13-11(15)10-6-12-14-18-10/h3-6H,1-2H3,(H,13,15). The second kappa shape index (κ2) is 5.46. The SMILES string of the molecule is COc1cc(NC(=O)c2cnns2)cc(OC)c1. The molecular formula is C11H11N3O3S. The fraction of sp³-hybridized carbons (Fsp3) is 0.182. The molecule has 0 spiro atoms. The minimum absolute atomic E-state index is 0.264. The van der Waals surface area contributed by atoms with Crippen molar-refractivity contribution in [2.45, 2.75) is 0 Å². The Balaban J connectivity index is 2.20. The summed E-state index contributed by atoms with van der Waals surface area (Å²) >= 11 is 1.03. The van der Waals surface area contributed by atoms with E-state index in [1.54, 1.807) is 32.4 Å². The first kappa shape index (κ1) is 12.3. The average Bonchev–Trinajstić information content (AvgIpc) is 2.92. The quantitative estimate of drug-likeness (QED) is 0.912. The summed E-state index contributed by atoms with van der Waals surface area (Å²) in [5, 5.41) is 6.34. The van der Waals surface area contributed by atoms with Crippen LogP contribution >= 0.6 is 11.5 Å². The molecule has 1 aromatic carbocycles. The molecule has 0 unspecified atom stereocenters. The van der Waals surface area contributed by atoms with Gasteiger partial charge in [0.1, 0.15) is 16.4 Å². The number of carbonyl (C=O) groups excluding carboxylic acids is 1. The first-order chi connectivity index (χ1) is 8.72. The van der Waals surface area contributed by atoms with E-state index in [4.69, 9.17) is 9.47 Å². The minimum Gasteiger partial charge on any atom is -0.497 e. The number of carbonyl (C=O) groups is 1. The molecule has 0 aliphatic carbocycles. The molecule has 0 radical (unpaired) electrons. The number of methoxy groups -OCH3 is 2. The van der Waals surface area contributed by atoms with Crippen LogP contribution in [0.1, 0.15) is 9.67 Å². The van der Waals surface area contributed by atoms with E-state index in [0.717, 1.165) is 11.5 Å². The van der Waals surface area contributed by atoms with Crippen molar-refractivity contribution < 1.29 is 14.3 Å². The van der Waals surface area contributed by atoms with Gasteiger partial charge in [-0.25, -0.2) is 0 Å². The third kappa shape index (κ3) is 2.75. The molecule has 0 bridgehead atoms. The average molecular weight is 265 g/mol. The first-order valence-corrected chi connectivity index (χ1v) is 5.82. The predicted molar refractivity (Wildman–Crippen MR) is 67.4 cm³/mol. The highest BCUT2D eigenvalue weighted by atomic mass is 32.1. The molecule has 18 heavy (non-hydrogen) atoms. The molecule has 0 fully saturated rings. The van der Waals surface area contributed by atoms with Gasteiger partial charge in [-0.1, -0.05) is 4.49 Å². The molecule has 0 saturated carbocycles. The molecule has 0 saturated heterocycles. The van der Waals surface area contributed by atoms with Gasteiger partial charge in [0.15, 0.2) is 0 Å². The zero-order chi connectivity index (χ0) is 13.0. The third-order valence-electron chi connectivity index (χ3n) is 2.19. The van der Waals surface area contributed by atoms with Crippen LogP contribution < -0.4 is 14.8 Å². The van der Waals surface area contributed by atoms with Crippen LogP contribution in [0, 0.1) is 0 Å². The summed E-state index contributed by atoms with van der Waals surface area (Å²) in [5.41, 5.74) is 0.588. The van der Waals surface area contributed by atoms with Crippen molar-refractivity contribution in [3.8, 4) is 11.5 Å². The highest BCUT2D eigenvalue weighted by Crippen LogP contribution is 2.26. The van der Waals surface area contributed by atoms with Crippen LogP contribution in [-0.2, 0) is 0 Å². The molecule has 1 heterocycles. The van der Waals surface area contributed by atoms with Gasteiger partial charge in [0.2, 0.25) is 0 Å². The lowest BCUT2D eigenvalue weighted by Gasteiger charge is -2.08. The summed E-state index contributed by atoms with van der Waals surface area (Å²) in [7, 11) is 3.10. The van der Waals surface area contributed by atoms with Gasteiger partial charge < -0.3 is 14.8 Å². The van der Waals surface area contributed by atoms with E-state index >= 15 is 0 Å². The van der Waals surface area contributed by atoms with Crippen LogP contribution in [0.2, 0.25) is 0 Å². The predicted octanol–water partition coefficient (Wildman–Crippen LogP) is 1.81. The summed E-state index contributed by atoms with van der Waals surface area (Å²) in [6.07, 6.45) is 1.41. The summed E-state index contributed by atoms with van der Waals surface area (Å²) in [6, 6.07) is 5.13. The van der Waals surface area contributed by atoms with Gasteiger partial charge in [-0.15, -0.1) is 5.10 Å². The maximum Gasteiger partial charge on any atom is 0.269 e. The summed E-state index contributed by atoms with van der Waals surface area (Å²) in [5.74, 6) is 0.944.